The molecule has 2 aliphatic rings. The molecule has 0 aliphatic heterocycles. The van der Waals surface area contributed by atoms with Gasteiger partial charge in [-0.05, 0) is 60.8 Å². The minimum atomic E-state index is 0.367. The molecular weight excluding hydrogens is 218 g/mol. The second-order valence-electron chi connectivity index (χ2n) is 7.33. The van der Waals surface area contributed by atoms with Crippen LogP contribution in [0.3, 0.4) is 0 Å². The predicted molar refractivity (Wildman–Crippen MR) is 79.0 cm³/mol. The van der Waals surface area contributed by atoms with E-state index in [-0.39, 0.29) is 0 Å². The Bertz CT molecular complexity index is 364. The number of rotatable bonds is 2. The van der Waals surface area contributed by atoms with Gasteiger partial charge in [-0.2, -0.15) is 0 Å². The maximum atomic E-state index is 7.93. The van der Waals surface area contributed by atoms with E-state index in [4.69, 9.17) is 5.41 Å². The zero-order valence-electron chi connectivity index (χ0n) is 12.7. The van der Waals surface area contributed by atoms with Crippen LogP contribution in [0.4, 0.5) is 0 Å². The van der Waals surface area contributed by atoms with Gasteiger partial charge < -0.3 is 5.41 Å². The Hall–Kier alpha value is -0.590. The van der Waals surface area contributed by atoms with Crippen molar-refractivity contribution in [1.82, 2.24) is 0 Å². The van der Waals surface area contributed by atoms with Crippen molar-refractivity contribution in [2.75, 3.05) is 0 Å². The SMILES string of the molecule is CC(C)C1CCC2=CC(=N)CC[C@]2(C)C1C(C)C. The fourth-order valence-electron chi connectivity index (χ4n) is 4.69. The topological polar surface area (TPSA) is 23.9 Å². The van der Waals surface area contributed by atoms with Gasteiger partial charge in [0.1, 0.15) is 0 Å². The van der Waals surface area contributed by atoms with Crippen LogP contribution in [0.5, 0.6) is 0 Å². The molecule has 0 bridgehead atoms. The highest BCUT2D eigenvalue weighted by molar-refractivity contribution is 5.94. The molecule has 0 aromatic rings. The van der Waals surface area contributed by atoms with Crippen molar-refractivity contribution >= 4 is 5.71 Å². The van der Waals surface area contributed by atoms with E-state index in [1.807, 2.05) is 0 Å². The lowest BCUT2D eigenvalue weighted by atomic mass is 9.52. The first kappa shape index (κ1) is 13.8. The first-order chi connectivity index (χ1) is 8.36. The van der Waals surface area contributed by atoms with E-state index >= 15 is 0 Å². The summed E-state index contributed by atoms with van der Waals surface area (Å²) in [5.74, 6) is 3.19. The zero-order valence-corrected chi connectivity index (χ0v) is 12.7. The summed E-state index contributed by atoms with van der Waals surface area (Å²) in [5.41, 5.74) is 2.80. The summed E-state index contributed by atoms with van der Waals surface area (Å²) in [4.78, 5) is 0. The molecule has 1 saturated carbocycles. The summed E-state index contributed by atoms with van der Waals surface area (Å²) in [6.45, 7) is 12.1. The molecule has 0 aromatic heterocycles. The molecule has 0 heterocycles. The molecule has 0 aromatic carbocycles. The van der Waals surface area contributed by atoms with Crippen molar-refractivity contribution in [1.29, 1.82) is 5.41 Å². The van der Waals surface area contributed by atoms with Crippen LogP contribution in [0.2, 0.25) is 0 Å². The summed E-state index contributed by atoms with van der Waals surface area (Å²) in [7, 11) is 0. The van der Waals surface area contributed by atoms with E-state index in [9.17, 15) is 0 Å². The van der Waals surface area contributed by atoms with Crippen LogP contribution in [0.1, 0.15) is 60.3 Å². The average Bonchev–Trinajstić information content (AvgIpc) is 2.27. The number of fused-ring (bicyclic) bond motifs is 1. The highest BCUT2D eigenvalue weighted by Crippen LogP contribution is 2.56. The van der Waals surface area contributed by atoms with Gasteiger partial charge in [0.25, 0.3) is 0 Å². The molecule has 2 rings (SSSR count). The van der Waals surface area contributed by atoms with Crippen LogP contribution in [0.25, 0.3) is 0 Å². The zero-order chi connectivity index (χ0) is 13.5. The van der Waals surface area contributed by atoms with E-state index < -0.39 is 0 Å². The highest BCUT2D eigenvalue weighted by atomic mass is 14.5. The van der Waals surface area contributed by atoms with Crippen LogP contribution < -0.4 is 0 Å². The molecule has 1 N–H and O–H groups in total. The first-order valence-corrected chi connectivity index (χ1v) is 7.64. The molecule has 0 amide bonds. The molecule has 0 spiro atoms. The lowest BCUT2D eigenvalue weighted by molar-refractivity contribution is 0.0364. The maximum absolute atomic E-state index is 7.93. The lowest BCUT2D eigenvalue weighted by Gasteiger charge is -2.53. The minimum absolute atomic E-state index is 0.367. The Morgan fingerprint density at radius 1 is 1.17 bits per heavy atom. The van der Waals surface area contributed by atoms with E-state index in [1.54, 1.807) is 5.57 Å². The van der Waals surface area contributed by atoms with E-state index in [0.29, 0.717) is 5.41 Å². The van der Waals surface area contributed by atoms with Gasteiger partial charge in [0.05, 0.1) is 0 Å². The van der Waals surface area contributed by atoms with Crippen molar-refractivity contribution < 1.29 is 0 Å². The maximum Gasteiger partial charge on any atom is 0.0314 e. The van der Waals surface area contributed by atoms with Gasteiger partial charge in [-0.15, -0.1) is 0 Å². The molecule has 2 unspecified atom stereocenters. The fourth-order valence-corrected chi connectivity index (χ4v) is 4.69. The summed E-state index contributed by atoms with van der Waals surface area (Å²) in [5, 5.41) is 7.93. The van der Waals surface area contributed by atoms with Crippen molar-refractivity contribution in [3.63, 3.8) is 0 Å². The molecule has 0 saturated heterocycles. The summed E-state index contributed by atoms with van der Waals surface area (Å²) in [6, 6.07) is 0. The number of allylic oxidation sites excluding steroid dienone is 2. The van der Waals surface area contributed by atoms with E-state index in [1.165, 1.54) is 19.3 Å². The molecule has 1 nitrogen and oxygen atoms in total. The molecule has 2 aliphatic carbocycles. The second-order valence-corrected chi connectivity index (χ2v) is 7.33. The third-order valence-electron chi connectivity index (χ3n) is 5.51. The third-order valence-corrected chi connectivity index (χ3v) is 5.51. The molecule has 3 atom stereocenters. The Labute approximate surface area is 113 Å². The van der Waals surface area contributed by atoms with E-state index in [2.05, 4.69) is 40.7 Å². The van der Waals surface area contributed by atoms with Crippen molar-refractivity contribution in [2.24, 2.45) is 29.1 Å². The Balaban J connectivity index is 2.39. The van der Waals surface area contributed by atoms with Gasteiger partial charge in [0, 0.05) is 5.71 Å². The van der Waals surface area contributed by atoms with Crippen LogP contribution >= 0.6 is 0 Å². The average molecular weight is 247 g/mol. The normalized spacial score (nSPS) is 36.8. The minimum Gasteiger partial charge on any atom is -0.305 e. The molecule has 102 valence electrons. The van der Waals surface area contributed by atoms with Crippen LogP contribution in [0.15, 0.2) is 11.6 Å². The summed E-state index contributed by atoms with van der Waals surface area (Å²) < 4.78 is 0. The van der Waals surface area contributed by atoms with Crippen LogP contribution in [-0.2, 0) is 0 Å². The predicted octanol–water partition coefficient (Wildman–Crippen LogP) is 5.07. The Morgan fingerprint density at radius 2 is 1.83 bits per heavy atom. The van der Waals surface area contributed by atoms with Gasteiger partial charge in [-0.3, -0.25) is 0 Å². The van der Waals surface area contributed by atoms with E-state index in [0.717, 1.165) is 35.8 Å². The Kier molecular flexibility index (Phi) is 3.71. The van der Waals surface area contributed by atoms with Crippen LogP contribution in [0, 0.1) is 34.5 Å². The summed E-state index contributed by atoms with van der Waals surface area (Å²) >= 11 is 0. The highest BCUT2D eigenvalue weighted by Gasteiger charge is 2.48. The molecule has 1 heteroatoms. The lowest BCUT2D eigenvalue weighted by Crippen LogP contribution is -2.45. The van der Waals surface area contributed by atoms with Gasteiger partial charge in [-0.25, -0.2) is 0 Å². The molecule has 18 heavy (non-hydrogen) atoms. The van der Waals surface area contributed by atoms with Crippen LogP contribution in [-0.4, -0.2) is 5.71 Å². The van der Waals surface area contributed by atoms with Gasteiger partial charge in [0.15, 0.2) is 0 Å². The largest absolute Gasteiger partial charge is 0.305 e. The number of hydrogen-bond donors (Lipinski definition) is 1. The first-order valence-electron chi connectivity index (χ1n) is 7.64. The quantitative estimate of drug-likeness (QED) is 0.704. The van der Waals surface area contributed by atoms with Crippen molar-refractivity contribution in [3.05, 3.63) is 11.6 Å². The van der Waals surface area contributed by atoms with Crippen molar-refractivity contribution in [2.45, 2.75) is 60.3 Å². The molecular formula is C17H29N. The van der Waals surface area contributed by atoms with Gasteiger partial charge >= 0.3 is 0 Å². The number of hydrogen-bond acceptors (Lipinski definition) is 1. The van der Waals surface area contributed by atoms with Gasteiger partial charge in [0.2, 0.25) is 0 Å². The fraction of sp³-hybridized carbons (Fsp3) is 0.824. The molecule has 0 radical (unpaired) electrons. The van der Waals surface area contributed by atoms with Crippen molar-refractivity contribution in [3.8, 4) is 0 Å². The number of nitrogens with one attached hydrogen (secondary N) is 1. The molecule has 1 fully saturated rings. The third kappa shape index (κ3) is 2.17. The summed E-state index contributed by atoms with van der Waals surface area (Å²) in [6.07, 6.45) is 6.94. The standard InChI is InChI=1S/C17H29N/c1-11(2)15-7-6-13-10-14(18)8-9-17(13,5)16(15)12(3)4/h10-12,15-16,18H,6-9H2,1-5H3/t15?,16?,17-/m0/s1. The van der Waals surface area contributed by atoms with Gasteiger partial charge in [-0.1, -0.05) is 40.2 Å². The smallest absolute Gasteiger partial charge is 0.0314 e. The Morgan fingerprint density at radius 3 is 2.39 bits per heavy atom. The monoisotopic (exact) mass is 247 g/mol. The second kappa shape index (κ2) is 4.83.